The molecule has 0 aliphatic rings. The zero-order valence-corrected chi connectivity index (χ0v) is 16.2. The highest BCUT2D eigenvalue weighted by molar-refractivity contribution is 7.80. The van der Waals surface area contributed by atoms with Crippen molar-refractivity contribution in [2.75, 3.05) is 5.32 Å². The van der Waals surface area contributed by atoms with Crippen LogP contribution in [0, 0.1) is 6.92 Å². The van der Waals surface area contributed by atoms with Gasteiger partial charge in [0.05, 0.1) is 0 Å². The summed E-state index contributed by atoms with van der Waals surface area (Å²) >= 11 is 0. The second kappa shape index (κ2) is 8.20. The molecule has 0 aliphatic heterocycles. The SMILES string of the molecule is Cc1ccc(Nc2ccccc2)c(P(c2ccccc2)c2ccccc2)c1. The summed E-state index contributed by atoms with van der Waals surface area (Å²) in [6, 6.07) is 38.8. The van der Waals surface area contributed by atoms with Crippen LogP contribution in [-0.4, -0.2) is 0 Å². The van der Waals surface area contributed by atoms with E-state index in [1.807, 2.05) is 6.07 Å². The highest BCUT2D eigenvalue weighted by Gasteiger charge is 2.19. The predicted octanol–water partition coefficient (Wildman–Crippen LogP) is 5.50. The summed E-state index contributed by atoms with van der Waals surface area (Å²) in [6.07, 6.45) is 0. The molecule has 1 N–H and O–H groups in total. The van der Waals surface area contributed by atoms with Crippen LogP contribution in [0.25, 0.3) is 0 Å². The fourth-order valence-corrected chi connectivity index (χ4v) is 5.69. The van der Waals surface area contributed by atoms with Crippen molar-refractivity contribution in [1.29, 1.82) is 0 Å². The Labute approximate surface area is 162 Å². The fourth-order valence-electron chi connectivity index (χ4n) is 3.19. The lowest BCUT2D eigenvalue weighted by Gasteiger charge is -2.23. The molecule has 0 aliphatic carbocycles. The van der Waals surface area contributed by atoms with Gasteiger partial charge in [-0.05, 0) is 49.7 Å². The van der Waals surface area contributed by atoms with Crippen LogP contribution in [0.4, 0.5) is 11.4 Å². The predicted molar refractivity (Wildman–Crippen MR) is 120 cm³/mol. The molecule has 0 aromatic heterocycles. The van der Waals surface area contributed by atoms with Crippen LogP contribution in [0.2, 0.25) is 0 Å². The molecular weight excluding hydrogens is 345 g/mol. The molecule has 0 amide bonds. The van der Waals surface area contributed by atoms with E-state index < -0.39 is 7.92 Å². The number of hydrogen-bond acceptors (Lipinski definition) is 1. The van der Waals surface area contributed by atoms with Gasteiger partial charge < -0.3 is 5.32 Å². The number of nitrogens with one attached hydrogen (secondary N) is 1. The van der Waals surface area contributed by atoms with Crippen LogP contribution in [0.3, 0.4) is 0 Å². The van der Waals surface area contributed by atoms with Gasteiger partial charge in [0.2, 0.25) is 0 Å². The molecule has 0 saturated heterocycles. The molecule has 1 nitrogen and oxygen atoms in total. The second-order valence-corrected chi connectivity index (χ2v) is 8.70. The van der Waals surface area contributed by atoms with E-state index in [9.17, 15) is 0 Å². The number of rotatable bonds is 5. The van der Waals surface area contributed by atoms with Gasteiger partial charge in [0, 0.05) is 16.7 Å². The van der Waals surface area contributed by atoms with E-state index >= 15 is 0 Å². The molecule has 4 aromatic carbocycles. The van der Waals surface area contributed by atoms with Crippen molar-refractivity contribution in [1.82, 2.24) is 0 Å². The van der Waals surface area contributed by atoms with E-state index in [1.54, 1.807) is 0 Å². The molecule has 0 saturated carbocycles. The first kappa shape index (κ1) is 17.5. The van der Waals surface area contributed by atoms with Gasteiger partial charge in [-0.2, -0.15) is 0 Å². The van der Waals surface area contributed by atoms with Gasteiger partial charge in [-0.15, -0.1) is 0 Å². The van der Waals surface area contributed by atoms with E-state index in [-0.39, 0.29) is 0 Å². The Hall–Kier alpha value is -2.89. The average Bonchev–Trinajstić information content (AvgIpc) is 2.73. The van der Waals surface area contributed by atoms with E-state index in [0.29, 0.717) is 0 Å². The molecule has 2 heteroatoms. The van der Waals surface area contributed by atoms with Crippen LogP contribution < -0.4 is 21.2 Å². The minimum Gasteiger partial charge on any atom is -0.355 e. The molecule has 0 radical (unpaired) electrons. The third kappa shape index (κ3) is 4.10. The minimum absolute atomic E-state index is 0.642. The van der Waals surface area contributed by atoms with Crippen LogP contribution in [-0.2, 0) is 0 Å². The molecule has 4 aromatic rings. The average molecular weight is 367 g/mol. The standard InChI is InChI=1S/C25H22NP/c1-20-17-18-24(26-21-11-5-2-6-12-21)25(19-20)27(22-13-7-3-8-14-22)23-15-9-4-10-16-23/h2-19,26H,1H3. The summed E-state index contributed by atoms with van der Waals surface area (Å²) in [5.41, 5.74) is 3.56. The Morgan fingerprint density at radius 3 is 1.67 bits per heavy atom. The maximum Gasteiger partial charge on any atom is 0.0469 e. The maximum atomic E-state index is 3.64. The van der Waals surface area contributed by atoms with E-state index in [4.69, 9.17) is 0 Å². The van der Waals surface area contributed by atoms with Crippen molar-refractivity contribution in [2.24, 2.45) is 0 Å². The highest BCUT2D eigenvalue weighted by atomic mass is 31.1. The lowest BCUT2D eigenvalue weighted by atomic mass is 10.2. The summed E-state index contributed by atoms with van der Waals surface area (Å²) < 4.78 is 0. The van der Waals surface area contributed by atoms with Crippen molar-refractivity contribution >= 4 is 35.2 Å². The molecular formula is C25H22NP. The van der Waals surface area contributed by atoms with Crippen molar-refractivity contribution in [2.45, 2.75) is 6.92 Å². The zero-order valence-electron chi connectivity index (χ0n) is 15.3. The summed E-state index contributed by atoms with van der Waals surface area (Å²) in [4.78, 5) is 0. The molecule has 4 rings (SSSR count). The molecule has 0 heterocycles. The van der Waals surface area contributed by atoms with Gasteiger partial charge in [-0.3, -0.25) is 0 Å². The monoisotopic (exact) mass is 367 g/mol. The van der Waals surface area contributed by atoms with Crippen LogP contribution in [0.5, 0.6) is 0 Å². The summed E-state index contributed by atoms with van der Waals surface area (Å²) in [5, 5.41) is 7.71. The fraction of sp³-hybridized carbons (Fsp3) is 0.0400. The Balaban J connectivity index is 1.86. The van der Waals surface area contributed by atoms with Crippen molar-refractivity contribution < 1.29 is 0 Å². The zero-order chi connectivity index (χ0) is 18.5. The minimum atomic E-state index is -0.642. The van der Waals surface area contributed by atoms with Crippen LogP contribution in [0.15, 0.2) is 109 Å². The lowest BCUT2D eigenvalue weighted by molar-refractivity contribution is 1.48. The normalized spacial score (nSPS) is 10.7. The quantitative estimate of drug-likeness (QED) is 0.460. The number of benzene rings is 4. The molecule has 0 fully saturated rings. The summed E-state index contributed by atoms with van der Waals surface area (Å²) in [7, 11) is -0.642. The summed E-state index contributed by atoms with van der Waals surface area (Å²) in [5.74, 6) is 0. The Bertz CT molecular complexity index is 959. The third-order valence-electron chi connectivity index (χ3n) is 4.48. The van der Waals surface area contributed by atoms with Crippen LogP contribution >= 0.6 is 7.92 Å². The van der Waals surface area contributed by atoms with Gasteiger partial charge >= 0.3 is 0 Å². The van der Waals surface area contributed by atoms with Gasteiger partial charge in [0.25, 0.3) is 0 Å². The van der Waals surface area contributed by atoms with Gasteiger partial charge in [0.15, 0.2) is 0 Å². The lowest BCUT2D eigenvalue weighted by Crippen LogP contribution is -2.22. The molecule has 0 unspecified atom stereocenters. The maximum absolute atomic E-state index is 3.64. The third-order valence-corrected chi connectivity index (χ3v) is 6.96. The molecule has 0 atom stereocenters. The topological polar surface area (TPSA) is 12.0 Å². The van der Waals surface area contributed by atoms with E-state index in [0.717, 1.165) is 5.69 Å². The number of para-hydroxylation sites is 1. The van der Waals surface area contributed by atoms with Gasteiger partial charge in [-0.1, -0.05) is 90.5 Å². The van der Waals surface area contributed by atoms with Gasteiger partial charge in [-0.25, -0.2) is 0 Å². The Kier molecular flexibility index (Phi) is 5.32. The van der Waals surface area contributed by atoms with Crippen molar-refractivity contribution in [3.8, 4) is 0 Å². The largest absolute Gasteiger partial charge is 0.355 e. The number of anilines is 2. The number of aryl methyl sites for hydroxylation is 1. The highest BCUT2D eigenvalue weighted by Crippen LogP contribution is 2.36. The molecule has 132 valence electrons. The van der Waals surface area contributed by atoms with E-state index in [1.165, 1.54) is 27.2 Å². The molecule has 0 bridgehead atoms. The smallest absolute Gasteiger partial charge is 0.0469 e. The molecule has 27 heavy (non-hydrogen) atoms. The molecule has 0 spiro atoms. The van der Waals surface area contributed by atoms with Crippen molar-refractivity contribution in [3.05, 3.63) is 115 Å². The summed E-state index contributed by atoms with van der Waals surface area (Å²) in [6.45, 7) is 2.17. The van der Waals surface area contributed by atoms with E-state index in [2.05, 4.69) is 115 Å². The van der Waals surface area contributed by atoms with Crippen molar-refractivity contribution in [3.63, 3.8) is 0 Å². The van der Waals surface area contributed by atoms with Gasteiger partial charge in [0.1, 0.15) is 0 Å². The first-order valence-corrected chi connectivity index (χ1v) is 10.5. The first-order valence-electron chi connectivity index (χ1n) is 9.14. The Morgan fingerprint density at radius 1 is 0.593 bits per heavy atom. The Morgan fingerprint density at radius 2 is 1.11 bits per heavy atom. The number of hydrogen-bond donors (Lipinski definition) is 1. The van der Waals surface area contributed by atoms with Crippen LogP contribution in [0.1, 0.15) is 5.56 Å². The second-order valence-electron chi connectivity index (χ2n) is 6.52. The first-order chi connectivity index (χ1) is 13.3.